The molecule has 1 aromatic heterocycles. The Balaban J connectivity index is 1.28. The molecular weight excluding hydrogens is 538 g/mol. The molecule has 1 aliphatic heterocycles. The fourth-order valence-corrected chi connectivity index (χ4v) is 5.06. The number of allylic oxidation sites excluding steroid dienone is 1. The number of para-hydroxylation sites is 1. The number of benzene rings is 2. The van der Waals surface area contributed by atoms with Gasteiger partial charge in [0.05, 0.1) is 5.03 Å². The van der Waals surface area contributed by atoms with Crippen LogP contribution >= 0.6 is 11.8 Å². The van der Waals surface area contributed by atoms with Crippen molar-refractivity contribution in [1.82, 2.24) is 9.47 Å². The van der Waals surface area contributed by atoms with E-state index in [0.29, 0.717) is 36.8 Å². The van der Waals surface area contributed by atoms with E-state index < -0.39 is 5.60 Å². The first-order valence-corrected chi connectivity index (χ1v) is 14.7. The van der Waals surface area contributed by atoms with Gasteiger partial charge in [0.15, 0.2) is 0 Å². The van der Waals surface area contributed by atoms with Crippen LogP contribution in [0.5, 0.6) is 11.5 Å². The molecular formula is C32H39N3O5S. The summed E-state index contributed by atoms with van der Waals surface area (Å²) < 4.78 is 19.5. The van der Waals surface area contributed by atoms with Gasteiger partial charge in [-0.05, 0) is 75.6 Å². The number of hydrogen-bond acceptors (Lipinski definition) is 6. The van der Waals surface area contributed by atoms with Gasteiger partial charge in [-0.15, -0.1) is 0 Å². The van der Waals surface area contributed by atoms with Crippen molar-refractivity contribution >= 4 is 29.4 Å². The van der Waals surface area contributed by atoms with E-state index >= 15 is 0 Å². The molecule has 0 saturated carbocycles. The molecule has 1 saturated heterocycles. The second-order valence-corrected chi connectivity index (χ2v) is 11.8. The second kappa shape index (κ2) is 13.7. The maximum atomic E-state index is 13.0. The fraction of sp³-hybridized carbons (Fsp3) is 0.375. The maximum absolute atomic E-state index is 13.0. The lowest BCUT2D eigenvalue weighted by atomic mass is 10.1. The monoisotopic (exact) mass is 577 g/mol. The first-order chi connectivity index (χ1) is 19.6. The van der Waals surface area contributed by atoms with Gasteiger partial charge in [-0.2, -0.15) is 0 Å². The minimum atomic E-state index is -0.498. The quantitative estimate of drug-likeness (QED) is 0.270. The van der Waals surface area contributed by atoms with Crippen molar-refractivity contribution in [2.45, 2.75) is 63.9 Å². The topological polar surface area (TPSA) is 82.0 Å². The zero-order chi connectivity index (χ0) is 29.4. The Morgan fingerprint density at radius 3 is 2.37 bits per heavy atom. The van der Waals surface area contributed by atoms with E-state index in [9.17, 15) is 9.59 Å². The zero-order valence-corrected chi connectivity index (χ0v) is 25.2. The maximum Gasteiger partial charge on any atom is 0.410 e. The first kappa shape index (κ1) is 30.1. The molecule has 0 radical (unpaired) electrons. The number of aromatic nitrogens is 1. The van der Waals surface area contributed by atoms with Crippen LogP contribution in [-0.2, 0) is 18.4 Å². The number of anilines is 1. The average Bonchev–Trinajstić information content (AvgIpc) is 3.31. The molecule has 1 fully saturated rings. The number of ether oxygens (including phenoxy) is 3. The van der Waals surface area contributed by atoms with Crippen molar-refractivity contribution in [2.75, 3.05) is 18.4 Å². The van der Waals surface area contributed by atoms with Gasteiger partial charge in [0, 0.05) is 44.2 Å². The number of nitrogens with zero attached hydrogens (tertiary/aromatic N) is 2. The minimum Gasteiger partial charge on any atom is -0.490 e. The van der Waals surface area contributed by atoms with Crippen LogP contribution in [0, 0.1) is 0 Å². The Labute approximate surface area is 246 Å². The molecule has 8 nitrogen and oxygen atoms in total. The van der Waals surface area contributed by atoms with Crippen molar-refractivity contribution in [3.63, 3.8) is 0 Å². The molecule has 2 heterocycles. The van der Waals surface area contributed by atoms with Crippen LogP contribution in [0.2, 0.25) is 0 Å². The summed E-state index contributed by atoms with van der Waals surface area (Å²) in [6.45, 7) is 9.10. The SMILES string of the molecule is C/C=C\Sc1ccc(C(=O)Nc2ccccc2COc2ccc(OC3CCN(C(=O)OC(C)(C)C)CC3)cc2)n1C. The molecule has 4 rings (SSSR count). The lowest BCUT2D eigenvalue weighted by Crippen LogP contribution is -2.44. The Morgan fingerprint density at radius 1 is 1.00 bits per heavy atom. The molecule has 0 aliphatic carbocycles. The number of carbonyl (C=O) groups is 2. The molecule has 0 atom stereocenters. The van der Waals surface area contributed by atoms with Gasteiger partial charge in [-0.3, -0.25) is 4.79 Å². The number of likely N-dealkylation sites (tertiary alicyclic amines) is 1. The number of carbonyl (C=O) groups excluding carboxylic acids is 2. The van der Waals surface area contributed by atoms with Gasteiger partial charge in [-0.25, -0.2) is 4.79 Å². The molecule has 218 valence electrons. The summed E-state index contributed by atoms with van der Waals surface area (Å²) >= 11 is 1.57. The van der Waals surface area contributed by atoms with E-state index in [1.54, 1.807) is 16.7 Å². The first-order valence-electron chi connectivity index (χ1n) is 13.8. The number of piperidine rings is 1. The molecule has 41 heavy (non-hydrogen) atoms. The van der Waals surface area contributed by atoms with Crippen molar-refractivity contribution < 1.29 is 23.8 Å². The Kier molecular flexibility index (Phi) is 10.0. The summed E-state index contributed by atoms with van der Waals surface area (Å²) in [6, 6.07) is 18.9. The second-order valence-electron chi connectivity index (χ2n) is 10.9. The van der Waals surface area contributed by atoms with Crippen LogP contribution in [-0.4, -0.2) is 46.3 Å². The molecule has 0 bridgehead atoms. The van der Waals surface area contributed by atoms with E-state index in [1.165, 1.54) is 0 Å². The number of thioether (sulfide) groups is 1. The number of amides is 2. The van der Waals surface area contributed by atoms with Gasteiger partial charge >= 0.3 is 6.09 Å². The highest BCUT2D eigenvalue weighted by atomic mass is 32.2. The largest absolute Gasteiger partial charge is 0.490 e. The van der Waals surface area contributed by atoms with E-state index in [4.69, 9.17) is 14.2 Å². The van der Waals surface area contributed by atoms with Gasteiger partial charge in [-0.1, -0.05) is 36.0 Å². The fourth-order valence-electron chi connectivity index (χ4n) is 4.38. The molecule has 1 aliphatic rings. The Morgan fingerprint density at radius 2 is 1.68 bits per heavy atom. The van der Waals surface area contributed by atoms with E-state index in [2.05, 4.69) is 5.32 Å². The molecule has 9 heteroatoms. The van der Waals surface area contributed by atoms with Crippen LogP contribution in [0.4, 0.5) is 10.5 Å². The normalized spacial score (nSPS) is 14.2. The van der Waals surface area contributed by atoms with Crippen molar-refractivity contribution in [2.24, 2.45) is 7.05 Å². The Hall–Kier alpha value is -3.85. The molecule has 1 N–H and O–H groups in total. The lowest BCUT2D eigenvalue weighted by Gasteiger charge is -2.33. The predicted octanol–water partition coefficient (Wildman–Crippen LogP) is 7.26. The van der Waals surface area contributed by atoms with Crippen LogP contribution < -0.4 is 14.8 Å². The average molecular weight is 578 g/mol. The smallest absolute Gasteiger partial charge is 0.410 e. The zero-order valence-electron chi connectivity index (χ0n) is 24.4. The van der Waals surface area contributed by atoms with Gasteiger partial charge in [0.2, 0.25) is 0 Å². The summed E-state index contributed by atoms with van der Waals surface area (Å²) in [7, 11) is 1.89. The van der Waals surface area contributed by atoms with Gasteiger partial charge in [0.25, 0.3) is 5.91 Å². The van der Waals surface area contributed by atoms with Crippen LogP contribution in [0.25, 0.3) is 0 Å². The number of hydrogen-bond donors (Lipinski definition) is 1. The molecule has 2 aromatic carbocycles. The summed E-state index contributed by atoms with van der Waals surface area (Å²) in [4.78, 5) is 27.0. The highest BCUT2D eigenvalue weighted by Gasteiger charge is 2.27. The third-order valence-electron chi connectivity index (χ3n) is 6.51. The summed E-state index contributed by atoms with van der Waals surface area (Å²) in [5.41, 5.74) is 1.66. The minimum absolute atomic E-state index is 0.0398. The molecule has 0 spiro atoms. The number of nitrogens with one attached hydrogen (secondary N) is 1. The van der Waals surface area contributed by atoms with Gasteiger partial charge < -0.3 is 29.0 Å². The summed E-state index contributed by atoms with van der Waals surface area (Å²) in [5, 5.41) is 6.00. The predicted molar refractivity (Wildman–Crippen MR) is 163 cm³/mol. The van der Waals surface area contributed by atoms with Crippen molar-refractivity contribution in [3.05, 3.63) is 83.4 Å². The van der Waals surface area contributed by atoms with Crippen LogP contribution in [0.15, 0.2) is 77.2 Å². The van der Waals surface area contributed by atoms with E-state index in [1.807, 2.05) is 111 Å². The standard InChI is InChI=1S/C32H39N3O5S/c1-6-21-41-29-16-15-28(34(29)5)30(36)33-27-10-8-7-9-23(27)22-38-24-11-13-25(14-12-24)39-26-17-19-35(20-18-26)31(37)40-32(2,3)4/h6-16,21,26H,17-20,22H2,1-5H3,(H,33,36)/b21-6-. The third kappa shape index (κ3) is 8.57. The molecule has 0 unspecified atom stereocenters. The van der Waals surface area contributed by atoms with Crippen molar-refractivity contribution in [1.29, 1.82) is 0 Å². The van der Waals surface area contributed by atoms with Crippen LogP contribution in [0.3, 0.4) is 0 Å². The number of rotatable bonds is 9. The van der Waals surface area contributed by atoms with E-state index in [-0.39, 0.29) is 18.1 Å². The van der Waals surface area contributed by atoms with E-state index in [0.717, 1.165) is 29.2 Å². The third-order valence-corrected chi connectivity index (χ3v) is 7.57. The highest BCUT2D eigenvalue weighted by molar-refractivity contribution is 8.02. The highest BCUT2D eigenvalue weighted by Crippen LogP contribution is 2.26. The molecule has 3 aromatic rings. The Bertz CT molecular complexity index is 1350. The van der Waals surface area contributed by atoms with Crippen molar-refractivity contribution in [3.8, 4) is 11.5 Å². The van der Waals surface area contributed by atoms with Crippen LogP contribution in [0.1, 0.15) is 56.6 Å². The summed E-state index contributed by atoms with van der Waals surface area (Å²) in [6.07, 6.45) is 3.23. The lowest BCUT2D eigenvalue weighted by molar-refractivity contribution is 0.0126. The molecule has 2 amide bonds. The van der Waals surface area contributed by atoms with Gasteiger partial charge in [0.1, 0.15) is 35.5 Å². The summed E-state index contributed by atoms with van der Waals surface area (Å²) in [5.74, 6) is 1.28.